The molecule has 1 N–H and O–H groups in total. The first-order valence-electron chi connectivity index (χ1n) is 9.44. The monoisotopic (exact) mass is 364 g/mol. The third-order valence-electron chi connectivity index (χ3n) is 4.48. The van der Waals surface area contributed by atoms with Gasteiger partial charge in [-0.05, 0) is 37.5 Å². The minimum Gasteiger partial charge on any atom is -0.331 e. The van der Waals surface area contributed by atoms with Crippen molar-refractivity contribution in [2.75, 3.05) is 0 Å². The minimum absolute atomic E-state index is 0.198. The number of unbranched alkanes of at least 4 members (excludes halogenated alkanes) is 1. The van der Waals surface area contributed by atoms with E-state index in [1.54, 1.807) is 0 Å². The first-order valence-corrected chi connectivity index (χ1v) is 9.44. The van der Waals surface area contributed by atoms with Crippen LogP contribution in [0.2, 0.25) is 0 Å². The number of urea groups is 1. The van der Waals surface area contributed by atoms with Gasteiger partial charge in [0.25, 0.3) is 5.91 Å². The Bertz CT molecular complexity index is 756. The van der Waals surface area contributed by atoms with Gasteiger partial charge < -0.3 is 5.32 Å². The molecule has 2 aromatic carbocycles. The third-order valence-corrected chi connectivity index (χ3v) is 4.48. The molecule has 0 aliphatic heterocycles. The Morgan fingerprint density at radius 3 is 2.07 bits per heavy atom. The molecule has 2 atom stereocenters. The maximum Gasteiger partial charge on any atom is 0.325 e. The Morgan fingerprint density at radius 1 is 0.963 bits per heavy atom. The molecular formula is C23H28N2O2. The average Bonchev–Trinajstić information content (AvgIpc) is 2.69. The molecule has 0 aliphatic carbocycles. The number of rotatable bonds is 7. The summed E-state index contributed by atoms with van der Waals surface area (Å²) in [5.41, 5.74) is 1.91. The molecular weight excluding hydrogens is 336 g/mol. The van der Waals surface area contributed by atoms with Crippen LogP contribution in [0.15, 0.2) is 72.8 Å². The molecule has 3 amide bonds. The van der Waals surface area contributed by atoms with E-state index >= 15 is 0 Å². The van der Waals surface area contributed by atoms with Crippen molar-refractivity contribution in [3.05, 3.63) is 83.9 Å². The second-order valence-corrected chi connectivity index (χ2v) is 6.57. The van der Waals surface area contributed by atoms with E-state index in [1.165, 1.54) is 11.0 Å². The van der Waals surface area contributed by atoms with Crippen LogP contribution in [-0.4, -0.2) is 16.8 Å². The zero-order valence-corrected chi connectivity index (χ0v) is 16.3. The number of hydrogen-bond donors (Lipinski definition) is 1. The van der Waals surface area contributed by atoms with E-state index < -0.39 is 6.03 Å². The Balaban J connectivity index is 2.22. The Hall–Kier alpha value is -2.88. The predicted octanol–water partition coefficient (Wildman–Crippen LogP) is 5.40. The molecule has 0 aliphatic rings. The summed E-state index contributed by atoms with van der Waals surface area (Å²) in [6.45, 7) is 5.83. The van der Waals surface area contributed by atoms with Crippen molar-refractivity contribution in [2.24, 2.45) is 0 Å². The number of amides is 3. The fourth-order valence-corrected chi connectivity index (χ4v) is 2.86. The molecule has 0 aromatic heterocycles. The van der Waals surface area contributed by atoms with Crippen molar-refractivity contribution in [3.8, 4) is 0 Å². The first-order chi connectivity index (χ1) is 13.0. The summed E-state index contributed by atoms with van der Waals surface area (Å²) in [5.74, 6) is -0.308. The van der Waals surface area contributed by atoms with Gasteiger partial charge in [0.2, 0.25) is 0 Å². The van der Waals surface area contributed by atoms with Crippen LogP contribution in [0.1, 0.15) is 56.8 Å². The van der Waals surface area contributed by atoms with Crippen molar-refractivity contribution in [1.82, 2.24) is 10.2 Å². The summed E-state index contributed by atoms with van der Waals surface area (Å²) in [6, 6.07) is 18.3. The molecule has 4 heteroatoms. The second kappa shape index (κ2) is 10.3. The number of nitrogens with zero attached hydrogens (tertiary/aromatic N) is 1. The highest BCUT2D eigenvalue weighted by molar-refractivity contribution is 6.00. The summed E-state index contributed by atoms with van der Waals surface area (Å²) in [7, 11) is 0. The number of carbonyl (C=O) groups excluding carboxylic acids is 2. The minimum atomic E-state index is -0.395. The van der Waals surface area contributed by atoms with Crippen molar-refractivity contribution in [3.63, 3.8) is 0 Å². The Kier molecular flexibility index (Phi) is 7.80. The van der Waals surface area contributed by atoms with E-state index in [4.69, 9.17) is 0 Å². The number of imide groups is 1. The summed E-state index contributed by atoms with van der Waals surface area (Å²) >= 11 is 0. The van der Waals surface area contributed by atoms with Crippen molar-refractivity contribution in [2.45, 2.75) is 45.7 Å². The lowest BCUT2D eigenvalue weighted by atomic mass is 10.1. The third kappa shape index (κ3) is 5.81. The zero-order valence-electron chi connectivity index (χ0n) is 16.3. The maximum atomic E-state index is 13.0. The van der Waals surface area contributed by atoms with Gasteiger partial charge in [-0.3, -0.25) is 9.69 Å². The van der Waals surface area contributed by atoms with E-state index in [9.17, 15) is 9.59 Å². The number of carbonyl (C=O) groups is 2. The van der Waals surface area contributed by atoms with Gasteiger partial charge in [0.15, 0.2) is 0 Å². The van der Waals surface area contributed by atoms with E-state index in [0.717, 1.165) is 24.0 Å². The Labute approximate surface area is 161 Å². The first kappa shape index (κ1) is 20.4. The van der Waals surface area contributed by atoms with E-state index in [-0.39, 0.29) is 18.0 Å². The van der Waals surface area contributed by atoms with Crippen LogP contribution in [-0.2, 0) is 4.79 Å². The molecule has 4 nitrogen and oxygen atoms in total. The van der Waals surface area contributed by atoms with Gasteiger partial charge in [-0.15, -0.1) is 0 Å². The molecule has 27 heavy (non-hydrogen) atoms. The summed E-state index contributed by atoms with van der Waals surface area (Å²) in [6.07, 6.45) is 5.08. The zero-order chi connectivity index (χ0) is 19.6. The molecule has 0 spiro atoms. The largest absolute Gasteiger partial charge is 0.331 e. The summed E-state index contributed by atoms with van der Waals surface area (Å²) < 4.78 is 0. The second-order valence-electron chi connectivity index (χ2n) is 6.57. The van der Waals surface area contributed by atoms with E-state index in [0.29, 0.717) is 0 Å². The molecule has 0 saturated heterocycles. The van der Waals surface area contributed by atoms with Crippen LogP contribution in [0.4, 0.5) is 4.79 Å². The van der Waals surface area contributed by atoms with Crippen molar-refractivity contribution in [1.29, 1.82) is 0 Å². The van der Waals surface area contributed by atoms with Crippen LogP contribution in [0.5, 0.6) is 0 Å². The molecule has 0 fully saturated rings. The van der Waals surface area contributed by atoms with E-state index in [2.05, 4.69) is 5.32 Å². The SMILES string of the molecule is CCC/C=C/C(=O)N(C(=O)N[C@@H](C)c1ccccc1)[C@@H](C)c1ccccc1. The fourth-order valence-electron chi connectivity index (χ4n) is 2.86. The van der Waals surface area contributed by atoms with Crippen LogP contribution in [0.3, 0.4) is 0 Å². The lowest BCUT2D eigenvalue weighted by molar-refractivity contribution is -0.124. The van der Waals surface area contributed by atoms with Crippen LogP contribution < -0.4 is 5.32 Å². The molecule has 0 bridgehead atoms. The van der Waals surface area contributed by atoms with Crippen LogP contribution >= 0.6 is 0 Å². The Morgan fingerprint density at radius 2 is 1.52 bits per heavy atom. The average molecular weight is 364 g/mol. The number of hydrogen-bond acceptors (Lipinski definition) is 2. The predicted molar refractivity (Wildman–Crippen MR) is 109 cm³/mol. The number of allylic oxidation sites excluding steroid dienone is 1. The topological polar surface area (TPSA) is 49.4 Å². The lowest BCUT2D eigenvalue weighted by Crippen LogP contribution is -2.45. The van der Waals surface area contributed by atoms with Crippen molar-refractivity contribution >= 4 is 11.9 Å². The number of nitrogens with one attached hydrogen (secondary N) is 1. The van der Waals surface area contributed by atoms with E-state index in [1.807, 2.05) is 87.5 Å². The molecule has 142 valence electrons. The quantitative estimate of drug-likeness (QED) is 0.668. The summed E-state index contributed by atoms with van der Waals surface area (Å²) in [5, 5.41) is 2.95. The molecule has 0 unspecified atom stereocenters. The van der Waals surface area contributed by atoms with Gasteiger partial charge in [0.05, 0.1) is 12.1 Å². The van der Waals surface area contributed by atoms with Gasteiger partial charge >= 0.3 is 6.03 Å². The molecule has 0 heterocycles. The van der Waals surface area contributed by atoms with Gasteiger partial charge in [-0.25, -0.2) is 4.79 Å². The van der Waals surface area contributed by atoms with Gasteiger partial charge in [-0.2, -0.15) is 0 Å². The fraction of sp³-hybridized carbons (Fsp3) is 0.304. The highest BCUT2D eigenvalue weighted by atomic mass is 16.2. The highest BCUT2D eigenvalue weighted by Crippen LogP contribution is 2.22. The smallest absolute Gasteiger partial charge is 0.325 e. The van der Waals surface area contributed by atoms with Gasteiger partial charge in [0.1, 0.15) is 0 Å². The standard InChI is InChI=1S/C23H28N2O2/c1-4-5-8-17-22(26)25(19(3)21-15-11-7-12-16-21)23(27)24-18(2)20-13-9-6-10-14-20/h6-19H,4-5H2,1-3H3,(H,24,27)/b17-8+/t18-,19-/m0/s1. The summed E-state index contributed by atoms with van der Waals surface area (Å²) in [4.78, 5) is 27.0. The normalized spacial score (nSPS) is 13.1. The van der Waals surface area contributed by atoms with Gasteiger partial charge in [-0.1, -0.05) is 80.1 Å². The lowest BCUT2D eigenvalue weighted by Gasteiger charge is -2.28. The van der Waals surface area contributed by atoms with Gasteiger partial charge in [0, 0.05) is 0 Å². The highest BCUT2D eigenvalue weighted by Gasteiger charge is 2.27. The van der Waals surface area contributed by atoms with Crippen LogP contribution in [0, 0.1) is 0 Å². The maximum absolute atomic E-state index is 13.0. The molecule has 2 rings (SSSR count). The number of benzene rings is 2. The van der Waals surface area contributed by atoms with Crippen LogP contribution in [0.25, 0.3) is 0 Å². The van der Waals surface area contributed by atoms with Crippen molar-refractivity contribution < 1.29 is 9.59 Å². The molecule has 2 aromatic rings. The molecule has 0 radical (unpaired) electrons. The molecule has 0 saturated carbocycles.